The molecule has 0 spiro atoms. The first-order valence-electron chi connectivity index (χ1n) is 10.00. The molecule has 3 N–H and O–H groups in total. The molecule has 3 atom stereocenters. The zero-order valence-corrected chi connectivity index (χ0v) is 18.2. The molecule has 0 fully saturated rings. The summed E-state index contributed by atoms with van der Waals surface area (Å²) in [5.74, 6) is -2.11. The molecule has 0 aliphatic carbocycles. The normalized spacial score (nSPS) is 15.5. The molecular weight excluding hydrogens is 382 g/mol. The van der Waals surface area contributed by atoms with Crippen LogP contribution in [0, 0.1) is 5.92 Å². The van der Waals surface area contributed by atoms with E-state index in [-0.39, 0.29) is 0 Å². The molecule has 0 saturated heterocycles. The van der Waals surface area contributed by atoms with Gasteiger partial charge in [-0.2, -0.15) is 0 Å². The van der Waals surface area contributed by atoms with Gasteiger partial charge in [0.2, 0.25) is 0 Å². The summed E-state index contributed by atoms with van der Waals surface area (Å²) >= 11 is 0. The van der Waals surface area contributed by atoms with Gasteiger partial charge >= 0.3 is 12.1 Å². The zero-order valence-electron chi connectivity index (χ0n) is 18.2. The zero-order chi connectivity index (χ0) is 22.5. The van der Waals surface area contributed by atoms with Gasteiger partial charge in [-0.25, -0.2) is 9.59 Å². The molecule has 162 valence electrons. The third-order valence-electron chi connectivity index (χ3n) is 5.14. The molecule has 6 nitrogen and oxygen atoms in total. The molecule has 0 heterocycles. The van der Waals surface area contributed by atoms with Gasteiger partial charge in [-0.1, -0.05) is 61.5 Å². The summed E-state index contributed by atoms with van der Waals surface area (Å²) in [5.41, 5.74) is 0.355. The van der Waals surface area contributed by atoms with Gasteiger partial charge in [-0.15, -0.1) is 0 Å². The highest BCUT2D eigenvalue weighted by molar-refractivity contribution is 5.77. The highest BCUT2D eigenvalue weighted by Gasteiger charge is 2.41. The van der Waals surface area contributed by atoms with Crippen LogP contribution in [0.15, 0.2) is 54.6 Å². The van der Waals surface area contributed by atoms with E-state index in [1.54, 1.807) is 27.7 Å². The van der Waals surface area contributed by atoms with Crippen LogP contribution in [0.4, 0.5) is 4.79 Å². The summed E-state index contributed by atoms with van der Waals surface area (Å²) in [6.45, 7) is 8.10. The first-order valence-corrected chi connectivity index (χ1v) is 10.00. The van der Waals surface area contributed by atoms with Gasteiger partial charge in [0, 0.05) is 12.0 Å². The molecule has 2 aromatic carbocycles. The fraction of sp³-hybridized carbons (Fsp3) is 0.417. The van der Waals surface area contributed by atoms with Gasteiger partial charge in [0.1, 0.15) is 5.60 Å². The van der Waals surface area contributed by atoms with Gasteiger partial charge in [0.15, 0.2) is 5.60 Å². The standard InChI is InChI=1S/C24H31NO5/c1-16(24(5,29)21(26)27)20(25-22(28)30-23(2,3)4)15-17-11-13-19(14-12-17)18-9-7-6-8-10-18/h6-14,16,20,29H,15H2,1-5H3,(H,25,28)(H,26,27)/t16?,20-,24+/m1/s1. The Hall–Kier alpha value is -2.86. The number of benzene rings is 2. The molecule has 0 bridgehead atoms. The lowest BCUT2D eigenvalue weighted by molar-refractivity contribution is -0.163. The lowest BCUT2D eigenvalue weighted by Crippen LogP contribution is -2.53. The number of hydrogen-bond donors (Lipinski definition) is 3. The number of carbonyl (C=O) groups excluding carboxylic acids is 1. The summed E-state index contributed by atoms with van der Waals surface area (Å²) in [6, 6.07) is 17.1. The van der Waals surface area contributed by atoms with Gasteiger partial charge in [0.05, 0.1) is 0 Å². The van der Waals surface area contributed by atoms with Crippen molar-refractivity contribution in [2.24, 2.45) is 5.92 Å². The summed E-state index contributed by atoms with van der Waals surface area (Å²) in [5, 5.41) is 22.6. The molecular formula is C24H31NO5. The Morgan fingerprint density at radius 2 is 1.50 bits per heavy atom. The molecule has 0 radical (unpaired) electrons. The van der Waals surface area contributed by atoms with Gasteiger partial charge < -0.3 is 20.3 Å². The van der Waals surface area contributed by atoms with E-state index in [0.29, 0.717) is 6.42 Å². The number of amides is 1. The second-order valence-electron chi connectivity index (χ2n) is 8.76. The molecule has 0 aliphatic heterocycles. The van der Waals surface area contributed by atoms with E-state index in [1.165, 1.54) is 6.92 Å². The Bertz CT molecular complexity index is 853. The molecule has 2 aromatic rings. The number of alkyl carbamates (subject to hydrolysis) is 1. The summed E-state index contributed by atoms with van der Waals surface area (Å²) in [4.78, 5) is 23.9. The number of rotatable bonds is 7. The fourth-order valence-electron chi connectivity index (χ4n) is 3.12. The average Bonchev–Trinajstić information content (AvgIpc) is 2.66. The first kappa shape index (κ1) is 23.4. The second-order valence-corrected chi connectivity index (χ2v) is 8.76. The topological polar surface area (TPSA) is 95.9 Å². The maximum atomic E-state index is 12.3. The van der Waals surface area contributed by atoms with E-state index < -0.39 is 35.2 Å². The Balaban J connectivity index is 2.23. The smallest absolute Gasteiger partial charge is 0.407 e. The molecule has 0 saturated carbocycles. The Labute approximate surface area is 177 Å². The van der Waals surface area contributed by atoms with E-state index in [2.05, 4.69) is 5.32 Å². The number of carboxylic acids is 1. The lowest BCUT2D eigenvalue weighted by Gasteiger charge is -2.34. The van der Waals surface area contributed by atoms with Crippen LogP contribution < -0.4 is 5.32 Å². The number of carboxylic acid groups (broad SMARTS) is 1. The van der Waals surface area contributed by atoms with Crippen LogP contribution in [-0.4, -0.2) is 39.5 Å². The maximum absolute atomic E-state index is 12.3. The Kier molecular flexibility index (Phi) is 7.26. The van der Waals surface area contributed by atoms with Crippen molar-refractivity contribution in [3.63, 3.8) is 0 Å². The summed E-state index contributed by atoms with van der Waals surface area (Å²) in [7, 11) is 0. The van der Waals surface area contributed by atoms with Crippen LogP contribution in [0.3, 0.4) is 0 Å². The lowest BCUT2D eigenvalue weighted by atomic mass is 9.82. The minimum Gasteiger partial charge on any atom is -0.479 e. The largest absolute Gasteiger partial charge is 0.479 e. The first-order chi connectivity index (χ1) is 13.9. The summed E-state index contributed by atoms with van der Waals surface area (Å²) < 4.78 is 5.33. The molecule has 6 heteroatoms. The van der Waals surface area contributed by atoms with Crippen molar-refractivity contribution in [3.8, 4) is 11.1 Å². The highest BCUT2D eigenvalue weighted by atomic mass is 16.6. The Morgan fingerprint density at radius 1 is 0.967 bits per heavy atom. The Morgan fingerprint density at radius 3 is 2.00 bits per heavy atom. The minimum absolute atomic E-state index is 0.346. The van der Waals surface area contributed by atoms with Crippen LogP contribution in [0.5, 0.6) is 0 Å². The van der Waals surface area contributed by atoms with Gasteiger partial charge in [-0.05, 0) is 50.8 Å². The number of ether oxygens (including phenoxy) is 1. The minimum atomic E-state index is -2.01. The van der Waals surface area contributed by atoms with Crippen molar-refractivity contribution in [2.45, 2.75) is 58.3 Å². The van der Waals surface area contributed by atoms with E-state index in [1.807, 2.05) is 54.6 Å². The third kappa shape index (κ3) is 6.32. The molecule has 2 rings (SSSR count). The third-order valence-corrected chi connectivity index (χ3v) is 5.14. The number of aliphatic carboxylic acids is 1. The van der Waals surface area contributed by atoms with Crippen molar-refractivity contribution in [3.05, 3.63) is 60.2 Å². The number of nitrogens with one attached hydrogen (secondary N) is 1. The van der Waals surface area contributed by atoms with Crippen molar-refractivity contribution >= 4 is 12.1 Å². The number of aliphatic hydroxyl groups is 1. The predicted molar refractivity (Wildman–Crippen MR) is 116 cm³/mol. The van der Waals surface area contributed by atoms with Crippen molar-refractivity contribution in [2.75, 3.05) is 0 Å². The predicted octanol–water partition coefficient (Wildman–Crippen LogP) is 4.26. The molecule has 30 heavy (non-hydrogen) atoms. The van der Waals surface area contributed by atoms with E-state index in [0.717, 1.165) is 16.7 Å². The molecule has 0 aromatic heterocycles. The summed E-state index contributed by atoms with van der Waals surface area (Å²) in [6.07, 6.45) is -0.305. The number of carbonyl (C=O) groups is 2. The monoisotopic (exact) mass is 413 g/mol. The highest BCUT2D eigenvalue weighted by Crippen LogP contribution is 2.25. The van der Waals surface area contributed by atoms with Crippen LogP contribution in [0.2, 0.25) is 0 Å². The maximum Gasteiger partial charge on any atom is 0.407 e. The van der Waals surface area contributed by atoms with Gasteiger partial charge in [0.25, 0.3) is 0 Å². The molecule has 1 unspecified atom stereocenters. The van der Waals surface area contributed by atoms with Crippen molar-refractivity contribution in [1.29, 1.82) is 0 Å². The van der Waals surface area contributed by atoms with Crippen LogP contribution >= 0.6 is 0 Å². The SMILES string of the molecule is CC([C@@H](Cc1ccc(-c2ccccc2)cc1)NC(=O)OC(C)(C)C)[C@](C)(O)C(=O)O. The van der Waals surface area contributed by atoms with Crippen molar-refractivity contribution in [1.82, 2.24) is 5.32 Å². The van der Waals surface area contributed by atoms with Crippen LogP contribution in [0.1, 0.15) is 40.2 Å². The van der Waals surface area contributed by atoms with E-state index in [9.17, 15) is 19.8 Å². The van der Waals surface area contributed by atoms with Crippen molar-refractivity contribution < 1.29 is 24.5 Å². The van der Waals surface area contributed by atoms with Gasteiger partial charge in [-0.3, -0.25) is 0 Å². The quantitative estimate of drug-likeness (QED) is 0.630. The second kappa shape index (κ2) is 9.30. The van der Waals surface area contributed by atoms with Crippen LogP contribution in [-0.2, 0) is 16.0 Å². The van der Waals surface area contributed by atoms with E-state index in [4.69, 9.17) is 4.74 Å². The molecule has 0 aliphatic rings. The number of hydrogen-bond acceptors (Lipinski definition) is 4. The van der Waals surface area contributed by atoms with E-state index >= 15 is 0 Å². The fourth-order valence-corrected chi connectivity index (χ4v) is 3.12. The molecule has 1 amide bonds. The average molecular weight is 414 g/mol. The van der Waals surface area contributed by atoms with Crippen LogP contribution in [0.25, 0.3) is 11.1 Å².